The Morgan fingerprint density at radius 3 is 2.65 bits per heavy atom. The highest BCUT2D eigenvalue weighted by atomic mass is 32.7. The van der Waals surface area contributed by atoms with Crippen molar-refractivity contribution >= 4 is 53.0 Å². The fourth-order valence-corrected chi connectivity index (χ4v) is 8.67. The number of nitrogens with two attached hydrogens (primary N) is 1. The number of hydrogen-bond acceptors (Lipinski definition) is 15. The number of aromatic nitrogens is 4. The van der Waals surface area contributed by atoms with Gasteiger partial charge in [0.2, 0.25) is 23.6 Å². The molecule has 0 radical (unpaired) electrons. The van der Waals surface area contributed by atoms with Crippen LogP contribution in [0.4, 0.5) is 5.95 Å². The van der Waals surface area contributed by atoms with Gasteiger partial charge in [-0.2, -0.15) is 9.97 Å². The van der Waals surface area contributed by atoms with Crippen molar-refractivity contribution in [2.75, 3.05) is 32.3 Å². The lowest BCUT2D eigenvalue weighted by Gasteiger charge is -2.27. The first kappa shape index (κ1) is 33.0. The zero-order valence-corrected chi connectivity index (χ0v) is 26.2. The van der Waals surface area contributed by atoms with Crippen LogP contribution in [0, 0.1) is 5.92 Å². The molecule has 2 aromatic rings. The third-order valence-electron chi connectivity index (χ3n) is 6.99. The van der Waals surface area contributed by atoms with Crippen molar-refractivity contribution in [3.63, 3.8) is 0 Å². The minimum atomic E-state index is -4.01. The molecule has 0 bridgehead atoms. The summed E-state index contributed by atoms with van der Waals surface area (Å²) in [6.07, 6.45) is -3.16. The molecule has 2 amide bonds. The first-order chi connectivity index (χ1) is 20.1. The topological polar surface area (TPSA) is 231 Å². The lowest BCUT2D eigenvalue weighted by molar-refractivity contribution is -0.149. The second kappa shape index (κ2) is 12.6. The molecule has 0 saturated carbocycles. The maximum Gasteiger partial charge on any atom is 0.327 e. The number of ether oxygens (including phenoxy) is 3. The molecule has 0 spiro atoms. The number of rotatable bonds is 12. The van der Waals surface area contributed by atoms with Gasteiger partial charge in [0.25, 0.3) is 0 Å². The lowest BCUT2D eigenvalue weighted by atomic mass is 9.96. The summed E-state index contributed by atoms with van der Waals surface area (Å²) in [6, 6.07) is -1.08. The summed E-state index contributed by atoms with van der Waals surface area (Å²) in [5.74, 6) is -2.27. The average Bonchev–Trinajstić information content (AvgIpc) is 3.53. The van der Waals surface area contributed by atoms with Gasteiger partial charge in [-0.25, -0.2) is 10.1 Å². The summed E-state index contributed by atoms with van der Waals surface area (Å²) in [4.78, 5) is 50.2. The number of imide groups is 1. The number of aliphatic hydroxyl groups is 2. The summed E-state index contributed by atoms with van der Waals surface area (Å²) in [5.41, 5.74) is 4.30. The predicted molar refractivity (Wildman–Crippen MR) is 153 cm³/mol. The highest BCUT2D eigenvalue weighted by Crippen LogP contribution is 2.58. The number of amides is 2. The van der Waals surface area contributed by atoms with Gasteiger partial charge in [-0.05, 0) is 27.7 Å². The SMILES string of the molecule is COc1nc(N)nc2c1ncn2C1O[C@H](COP(=O)(N[C@@H](C)C(=O)OC(C)C)SCC2CC(=O)N(C)C2=O)[C@@H](O)[C@@]1(C)O. The first-order valence-electron chi connectivity index (χ1n) is 13.4. The number of nitrogens with one attached hydrogen (secondary N) is 1. The molecule has 2 aromatic heterocycles. The smallest absolute Gasteiger partial charge is 0.327 e. The molecule has 2 saturated heterocycles. The fourth-order valence-electron chi connectivity index (χ4n) is 4.66. The fraction of sp³-hybridized carbons (Fsp3) is 0.667. The number of carbonyl (C=O) groups is 3. The van der Waals surface area contributed by atoms with Crippen molar-refractivity contribution < 1.29 is 47.9 Å². The van der Waals surface area contributed by atoms with Gasteiger partial charge in [0.15, 0.2) is 17.4 Å². The second-order valence-corrected chi connectivity index (χ2v) is 15.0. The monoisotopic (exact) mass is 645 g/mol. The van der Waals surface area contributed by atoms with E-state index in [1.165, 1.54) is 38.9 Å². The Kier molecular flexibility index (Phi) is 9.71. The van der Waals surface area contributed by atoms with E-state index in [9.17, 15) is 29.2 Å². The number of fused-ring (bicyclic) bond motifs is 1. The van der Waals surface area contributed by atoms with Gasteiger partial charge < -0.3 is 34.7 Å². The van der Waals surface area contributed by atoms with E-state index >= 15 is 0 Å². The molecule has 238 valence electrons. The number of nitrogens with zero attached hydrogens (tertiary/aromatic N) is 5. The van der Waals surface area contributed by atoms with Crippen LogP contribution < -0.4 is 15.6 Å². The number of likely N-dealkylation sites (tertiary alicyclic amines) is 1. The van der Waals surface area contributed by atoms with Crippen LogP contribution in [0.15, 0.2) is 6.33 Å². The normalized spacial score (nSPS) is 28.1. The Hall–Kier alpha value is -2.86. The Morgan fingerprint density at radius 2 is 2.05 bits per heavy atom. The zero-order chi connectivity index (χ0) is 31.9. The van der Waals surface area contributed by atoms with E-state index in [0.29, 0.717) is 0 Å². The van der Waals surface area contributed by atoms with Crippen molar-refractivity contribution in [2.24, 2.45) is 5.92 Å². The second-order valence-electron chi connectivity index (χ2n) is 10.7. The predicted octanol–water partition coefficient (Wildman–Crippen LogP) is 0.219. The van der Waals surface area contributed by atoms with Crippen LogP contribution in [0.1, 0.15) is 40.3 Å². The van der Waals surface area contributed by atoms with Gasteiger partial charge in [-0.1, -0.05) is 11.4 Å². The molecule has 2 aliphatic rings. The van der Waals surface area contributed by atoms with E-state index in [4.69, 9.17) is 24.5 Å². The Labute approximate surface area is 251 Å². The van der Waals surface area contributed by atoms with Gasteiger partial charge in [-0.15, -0.1) is 0 Å². The third-order valence-corrected chi connectivity index (χ3v) is 11.2. The number of anilines is 1. The zero-order valence-electron chi connectivity index (χ0n) is 24.5. The lowest BCUT2D eigenvalue weighted by Crippen LogP contribution is -2.44. The van der Waals surface area contributed by atoms with E-state index in [1.54, 1.807) is 13.8 Å². The number of imidazole rings is 1. The summed E-state index contributed by atoms with van der Waals surface area (Å²) < 4.78 is 37.5. The largest absolute Gasteiger partial charge is 0.479 e. The molecular weight excluding hydrogens is 609 g/mol. The van der Waals surface area contributed by atoms with E-state index < -0.39 is 67.3 Å². The maximum absolute atomic E-state index is 14.0. The standard InChI is InChI=1S/C24H36N7O10PS/c1-11(2)40-21(35)12(3)29-42(37,43-9-13-7-15(32)30(5)20(13)34)39-8-14-17(33)24(4,36)22(41-14)31-10-26-16-18(31)27-23(25)28-19(16)38-6/h10-14,17,22,33,36H,7-9H2,1-6H3,(H,29,37)(H2,25,27,28)/t12-,13?,14+,17+,22?,24+,42?/m0/s1. The van der Waals surface area contributed by atoms with E-state index in [0.717, 1.165) is 16.3 Å². The summed E-state index contributed by atoms with van der Waals surface area (Å²) in [7, 11) is 2.75. The highest BCUT2D eigenvalue weighted by Gasteiger charge is 2.54. The average molecular weight is 646 g/mol. The molecule has 2 fully saturated rings. The molecule has 3 unspecified atom stereocenters. The number of carbonyl (C=O) groups excluding carboxylic acids is 3. The molecule has 5 N–H and O–H groups in total. The van der Waals surface area contributed by atoms with Gasteiger partial charge in [0, 0.05) is 19.2 Å². The first-order valence-corrected chi connectivity index (χ1v) is 16.6. The van der Waals surface area contributed by atoms with Crippen LogP contribution in [0.3, 0.4) is 0 Å². The van der Waals surface area contributed by atoms with Crippen molar-refractivity contribution in [3.8, 4) is 5.88 Å². The Morgan fingerprint density at radius 1 is 1.35 bits per heavy atom. The van der Waals surface area contributed by atoms with Gasteiger partial charge >= 0.3 is 12.7 Å². The van der Waals surface area contributed by atoms with Crippen LogP contribution in [0.5, 0.6) is 5.88 Å². The third kappa shape index (κ3) is 6.79. The van der Waals surface area contributed by atoms with E-state index in [2.05, 4.69) is 20.0 Å². The number of esters is 1. The number of hydrogen-bond donors (Lipinski definition) is 4. The van der Waals surface area contributed by atoms with Crippen LogP contribution in [0.2, 0.25) is 0 Å². The molecule has 43 heavy (non-hydrogen) atoms. The van der Waals surface area contributed by atoms with Gasteiger partial charge in [-0.3, -0.25) is 28.4 Å². The minimum absolute atomic E-state index is 0.0520. The molecular formula is C24H36N7O10PS. The Balaban J connectivity index is 1.53. The Bertz CT molecular complexity index is 1440. The van der Waals surface area contributed by atoms with E-state index in [1.807, 2.05) is 0 Å². The van der Waals surface area contributed by atoms with Crippen molar-refractivity contribution in [1.29, 1.82) is 0 Å². The molecule has 2 aliphatic heterocycles. The number of nitrogen functional groups attached to an aromatic ring is 1. The number of methoxy groups -OCH3 is 1. The van der Waals surface area contributed by atoms with Crippen LogP contribution in [-0.2, 0) is 32.9 Å². The highest BCUT2D eigenvalue weighted by molar-refractivity contribution is 8.56. The summed E-state index contributed by atoms with van der Waals surface area (Å²) >= 11 is 0.739. The molecule has 4 rings (SSSR count). The molecule has 7 atom stereocenters. The summed E-state index contributed by atoms with van der Waals surface area (Å²) in [6.45, 7) is 1.59. The molecule has 4 heterocycles. The quantitative estimate of drug-likeness (QED) is 0.137. The van der Waals surface area contributed by atoms with Gasteiger partial charge in [0.1, 0.15) is 23.9 Å². The van der Waals surface area contributed by atoms with Gasteiger partial charge in [0.05, 0.1) is 32.1 Å². The van der Waals surface area contributed by atoms with Crippen molar-refractivity contribution in [2.45, 2.75) is 70.3 Å². The summed E-state index contributed by atoms with van der Waals surface area (Å²) in [5, 5.41) is 24.9. The molecule has 19 heteroatoms. The maximum atomic E-state index is 14.0. The van der Waals surface area contributed by atoms with Crippen molar-refractivity contribution in [3.05, 3.63) is 6.33 Å². The molecule has 0 aromatic carbocycles. The molecule has 17 nitrogen and oxygen atoms in total. The van der Waals surface area contributed by atoms with E-state index in [-0.39, 0.29) is 41.1 Å². The molecule has 0 aliphatic carbocycles. The van der Waals surface area contributed by atoms with Crippen LogP contribution in [0.25, 0.3) is 11.2 Å². The van der Waals surface area contributed by atoms with Crippen molar-refractivity contribution in [1.82, 2.24) is 29.5 Å². The number of aliphatic hydroxyl groups excluding tert-OH is 1. The van der Waals surface area contributed by atoms with Crippen LogP contribution in [-0.4, -0.2) is 109 Å². The van der Waals surface area contributed by atoms with Crippen LogP contribution >= 0.6 is 18.1 Å². The minimum Gasteiger partial charge on any atom is -0.479 e.